The molecule has 0 aromatic heterocycles. The first kappa shape index (κ1) is 13.7. The molecule has 2 atom stereocenters. The molecular formula is C12H23NO2S2. The Morgan fingerprint density at radius 1 is 1.41 bits per heavy atom. The molecule has 2 aliphatic heterocycles. The predicted octanol–water partition coefficient (Wildman–Crippen LogP) is 1.68. The van der Waals surface area contributed by atoms with Gasteiger partial charge in [0, 0.05) is 18.3 Å². The van der Waals surface area contributed by atoms with Crippen molar-refractivity contribution in [3.8, 4) is 0 Å². The molecule has 0 amide bonds. The Kier molecular flexibility index (Phi) is 4.10. The molecule has 1 N–H and O–H groups in total. The third kappa shape index (κ3) is 3.61. The molecule has 2 heterocycles. The summed E-state index contributed by atoms with van der Waals surface area (Å²) in [6.07, 6.45) is 2.85. The molecule has 2 rings (SSSR count). The lowest BCUT2D eigenvalue weighted by Gasteiger charge is -2.35. The smallest absolute Gasteiger partial charge is 0.154 e. The fourth-order valence-corrected chi connectivity index (χ4v) is 5.87. The molecule has 0 aromatic rings. The van der Waals surface area contributed by atoms with Crippen LogP contribution in [0.2, 0.25) is 0 Å². The van der Waals surface area contributed by atoms with Crippen LogP contribution in [0.3, 0.4) is 0 Å². The van der Waals surface area contributed by atoms with Gasteiger partial charge in [0.15, 0.2) is 9.84 Å². The average Bonchev–Trinajstić information content (AvgIpc) is 2.53. The first-order valence-corrected chi connectivity index (χ1v) is 9.29. The maximum absolute atomic E-state index is 11.7. The maximum Gasteiger partial charge on any atom is 0.154 e. The minimum Gasteiger partial charge on any atom is -0.312 e. The minimum atomic E-state index is -2.79. The number of thioether (sulfide) groups is 1. The van der Waals surface area contributed by atoms with Crippen LogP contribution in [0.15, 0.2) is 0 Å². The van der Waals surface area contributed by atoms with Crippen LogP contribution in [-0.4, -0.2) is 43.5 Å². The molecule has 2 unspecified atom stereocenters. The molecule has 3 nitrogen and oxygen atoms in total. The van der Waals surface area contributed by atoms with Gasteiger partial charge in [0.05, 0.1) is 11.0 Å². The molecule has 17 heavy (non-hydrogen) atoms. The van der Waals surface area contributed by atoms with Crippen molar-refractivity contribution in [2.75, 3.05) is 23.8 Å². The van der Waals surface area contributed by atoms with E-state index in [0.717, 1.165) is 25.0 Å². The monoisotopic (exact) mass is 277 g/mol. The highest BCUT2D eigenvalue weighted by atomic mass is 32.2. The zero-order valence-corrected chi connectivity index (χ0v) is 12.4. The van der Waals surface area contributed by atoms with Gasteiger partial charge in [-0.05, 0) is 30.4 Å². The Hall–Kier alpha value is 0.260. The summed E-state index contributed by atoms with van der Waals surface area (Å²) in [6.45, 7) is 5.24. The fraction of sp³-hybridized carbons (Fsp3) is 1.00. The van der Waals surface area contributed by atoms with Crippen LogP contribution in [0.25, 0.3) is 0 Å². The summed E-state index contributed by atoms with van der Waals surface area (Å²) in [5, 5.41) is 3.35. The highest BCUT2D eigenvalue weighted by Crippen LogP contribution is 2.33. The van der Waals surface area contributed by atoms with E-state index in [0.29, 0.717) is 23.8 Å². The van der Waals surface area contributed by atoms with Gasteiger partial charge >= 0.3 is 0 Å². The van der Waals surface area contributed by atoms with Crippen molar-refractivity contribution >= 4 is 21.6 Å². The molecule has 2 aliphatic rings. The number of nitrogens with one attached hydrogen (secondary N) is 1. The third-order valence-corrected chi connectivity index (χ3v) is 7.61. The van der Waals surface area contributed by atoms with Crippen molar-refractivity contribution in [2.45, 2.75) is 44.4 Å². The van der Waals surface area contributed by atoms with E-state index in [-0.39, 0.29) is 5.25 Å². The first-order chi connectivity index (χ1) is 7.89. The number of hydrogen-bond donors (Lipinski definition) is 1. The van der Waals surface area contributed by atoms with Crippen molar-refractivity contribution in [3.05, 3.63) is 0 Å². The quantitative estimate of drug-likeness (QED) is 0.852. The zero-order valence-electron chi connectivity index (χ0n) is 10.7. The Morgan fingerprint density at radius 2 is 2.18 bits per heavy atom. The second-order valence-corrected chi connectivity index (χ2v) is 9.55. The highest BCUT2D eigenvalue weighted by Gasteiger charge is 2.33. The Labute approximate surface area is 109 Å². The Morgan fingerprint density at radius 3 is 2.76 bits per heavy atom. The van der Waals surface area contributed by atoms with Crippen molar-refractivity contribution < 1.29 is 8.42 Å². The molecule has 5 heteroatoms. The SMILES string of the molecule is CC1(C)CSCC(NCC2CCCS2(=O)=O)C1. The molecule has 0 aliphatic carbocycles. The van der Waals surface area contributed by atoms with Crippen LogP contribution in [0.4, 0.5) is 0 Å². The van der Waals surface area contributed by atoms with Crippen LogP contribution < -0.4 is 5.32 Å². The second-order valence-electron chi connectivity index (χ2n) is 6.12. The lowest BCUT2D eigenvalue weighted by Crippen LogP contribution is -2.44. The Balaban J connectivity index is 1.82. The summed E-state index contributed by atoms with van der Waals surface area (Å²) in [6, 6.07) is 0.486. The van der Waals surface area contributed by atoms with E-state index < -0.39 is 9.84 Å². The van der Waals surface area contributed by atoms with Crippen molar-refractivity contribution in [1.29, 1.82) is 0 Å². The summed E-state index contributed by atoms with van der Waals surface area (Å²) in [4.78, 5) is 0. The van der Waals surface area contributed by atoms with E-state index in [1.807, 2.05) is 11.8 Å². The normalized spacial score (nSPS) is 35.9. The lowest BCUT2D eigenvalue weighted by atomic mass is 9.88. The topological polar surface area (TPSA) is 46.2 Å². The lowest BCUT2D eigenvalue weighted by molar-refractivity contribution is 0.318. The molecule has 2 fully saturated rings. The van der Waals surface area contributed by atoms with Gasteiger partial charge in [0.2, 0.25) is 0 Å². The minimum absolute atomic E-state index is 0.127. The van der Waals surface area contributed by atoms with Crippen LogP contribution in [0.5, 0.6) is 0 Å². The molecule has 0 aromatic carbocycles. The Bertz CT molecular complexity index is 365. The van der Waals surface area contributed by atoms with Crippen molar-refractivity contribution in [1.82, 2.24) is 5.32 Å². The summed E-state index contributed by atoms with van der Waals surface area (Å²) in [7, 11) is -2.79. The van der Waals surface area contributed by atoms with Gasteiger partial charge in [-0.3, -0.25) is 0 Å². The molecule has 100 valence electrons. The van der Waals surface area contributed by atoms with Gasteiger partial charge in [-0.2, -0.15) is 11.8 Å². The van der Waals surface area contributed by atoms with E-state index in [4.69, 9.17) is 0 Å². The molecular weight excluding hydrogens is 254 g/mol. The summed E-state index contributed by atoms with van der Waals surface area (Å²) >= 11 is 1.98. The van der Waals surface area contributed by atoms with Crippen molar-refractivity contribution in [3.63, 3.8) is 0 Å². The molecule has 0 spiro atoms. The van der Waals surface area contributed by atoms with Gasteiger partial charge in [0.1, 0.15) is 0 Å². The predicted molar refractivity (Wildman–Crippen MR) is 74.3 cm³/mol. The van der Waals surface area contributed by atoms with Crippen LogP contribution >= 0.6 is 11.8 Å². The number of hydrogen-bond acceptors (Lipinski definition) is 4. The zero-order chi connectivity index (χ0) is 12.5. The van der Waals surface area contributed by atoms with Gasteiger partial charge in [0.25, 0.3) is 0 Å². The van der Waals surface area contributed by atoms with E-state index >= 15 is 0 Å². The molecule has 2 saturated heterocycles. The standard InChI is InChI=1S/C12H23NO2S2/c1-12(2)6-10(8-16-9-12)13-7-11-4-3-5-17(11,14)15/h10-11,13H,3-9H2,1-2H3. The summed E-state index contributed by atoms with van der Waals surface area (Å²) < 4.78 is 23.4. The molecule has 0 radical (unpaired) electrons. The highest BCUT2D eigenvalue weighted by molar-refractivity contribution is 7.99. The first-order valence-electron chi connectivity index (χ1n) is 6.42. The van der Waals surface area contributed by atoms with E-state index in [1.54, 1.807) is 0 Å². The number of rotatable bonds is 3. The summed E-state index contributed by atoms with van der Waals surface area (Å²) in [5.41, 5.74) is 0.384. The molecule has 0 bridgehead atoms. The number of sulfone groups is 1. The second kappa shape index (κ2) is 5.10. The fourth-order valence-electron chi connectivity index (χ4n) is 2.78. The third-order valence-electron chi connectivity index (χ3n) is 3.71. The van der Waals surface area contributed by atoms with Gasteiger partial charge in [-0.1, -0.05) is 13.8 Å². The van der Waals surface area contributed by atoms with Crippen LogP contribution in [0.1, 0.15) is 33.1 Å². The summed E-state index contributed by atoms with van der Waals surface area (Å²) in [5.74, 6) is 2.73. The largest absolute Gasteiger partial charge is 0.312 e. The molecule has 0 saturated carbocycles. The van der Waals surface area contributed by atoms with E-state index in [2.05, 4.69) is 19.2 Å². The van der Waals surface area contributed by atoms with Crippen LogP contribution in [-0.2, 0) is 9.84 Å². The van der Waals surface area contributed by atoms with Crippen molar-refractivity contribution in [2.24, 2.45) is 5.41 Å². The van der Waals surface area contributed by atoms with Gasteiger partial charge in [-0.15, -0.1) is 0 Å². The average molecular weight is 277 g/mol. The van der Waals surface area contributed by atoms with E-state index in [1.165, 1.54) is 5.75 Å². The van der Waals surface area contributed by atoms with Crippen LogP contribution in [0, 0.1) is 5.41 Å². The van der Waals surface area contributed by atoms with Gasteiger partial charge < -0.3 is 5.32 Å². The maximum atomic E-state index is 11.7. The van der Waals surface area contributed by atoms with E-state index in [9.17, 15) is 8.42 Å². The van der Waals surface area contributed by atoms with Gasteiger partial charge in [-0.25, -0.2) is 8.42 Å².